The van der Waals surface area contributed by atoms with Gasteiger partial charge in [-0.3, -0.25) is 4.79 Å². The number of aryl methyl sites for hydroxylation is 1. The van der Waals surface area contributed by atoms with Crippen LogP contribution in [0.1, 0.15) is 19.8 Å². The summed E-state index contributed by atoms with van der Waals surface area (Å²) < 4.78 is 39.4. The Bertz CT molecular complexity index is 795. The molecule has 2 aromatic rings. The highest BCUT2D eigenvalue weighted by Gasteiger charge is 2.61. The van der Waals surface area contributed by atoms with Crippen LogP contribution in [0.4, 0.5) is 19.0 Å². The summed E-state index contributed by atoms with van der Waals surface area (Å²) in [6.45, 7) is 2.23. The molecule has 8 heteroatoms. The van der Waals surface area contributed by atoms with Gasteiger partial charge in [-0.2, -0.15) is 13.2 Å². The number of aromatic nitrogens is 2. The van der Waals surface area contributed by atoms with Crippen molar-refractivity contribution < 1.29 is 18.3 Å². The van der Waals surface area contributed by atoms with E-state index in [1.54, 1.807) is 24.3 Å². The molecule has 23 heavy (non-hydrogen) atoms. The maximum absolute atomic E-state index is 12.6. The first kappa shape index (κ1) is 15.8. The lowest BCUT2D eigenvalue weighted by Gasteiger charge is -2.44. The molecule has 0 saturated heterocycles. The fourth-order valence-electron chi connectivity index (χ4n) is 2.88. The molecule has 0 unspecified atom stereocenters. The van der Waals surface area contributed by atoms with Crippen molar-refractivity contribution in [2.45, 2.75) is 44.1 Å². The zero-order chi connectivity index (χ0) is 16.8. The number of alkyl halides is 3. The van der Waals surface area contributed by atoms with Gasteiger partial charge in [0, 0.05) is 25.4 Å². The van der Waals surface area contributed by atoms with E-state index in [0.717, 1.165) is 0 Å². The van der Waals surface area contributed by atoms with Crippen LogP contribution in [0.5, 0.6) is 0 Å². The van der Waals surface area contributed by atoms with Gasteiger partial charge in [0.15, 0.2) is 11.4 Å². The van der Waals surface area contributed by atoms with Crippen molar-refractivity contribution in [1.82, 2.24) is 9.55 Å². The van der Waals surface area contributed by atoms with Crippen LogP contribution in [-0.4, -0.2) is 32.5 Å². The first-order chi connectivity index (χ1) is 10.7. The number of para-hydroxylation sites is 2. The summed E-state index contributed by atoms with van der Waals surface area (Å²) in [5.74, 6) is 0.0137. The van der Waals surface area contributed by atoms with Gasteiger partial charge in [0.1, 0.15) is 0 Å². The number of fused-ring (bicyclic) bond motifs is 1. The second kappa shape index (κ2) is 5.23. The van der Waals surface area contributed by atoms with Gasteiger partial charge >= 0.3 is 6.18 Å². The predicted molar refractivity (Wildman–Crippen MR) is 79.3 cm³/mol. The van der Waals surface area contributed by atoms with E-state index in [0.29, 0.717) is 17.6 Å². The minimum absolute atomic E-state index is 0.0137. The maximum atomic E-state index is 12.6. The van der Waals surface area contributed by atoms with Crippen molar-refractivity contribution in [1.29, 1.82) is 0 Å². The fraction of sp³-hybridized carbons (Fsp3) is 0.467. The van der Waals surface area contributed by atoms with Gasteiger partial charge in [-0.1, -0.05) is 12.1 Å². The fourth-order valence-corrected chi connectivity index (χ4v) is 2.88. The Balaban J connectivity index is 1.88. The van der Waals surface area contributed by atoms with Gasteiger partial charge in [-0.15, -0.1) is 0 Å². The SMILES string of the molecule is CCn1c(=O)c(NC2CC(O)(C(F)(F)F)C2)nc2ccccc21. The van der Waals surface area contributed by atoms with Crippen LogP contribution < -0.4 is 10.9 Å². The number of rotatable bonds is 3. The summed E-state index contributed by atoms with van der Waals surface area (Å²) in [6, 6.07) is 6.43. The zero-order valence-electron chi connectivity index (χ0n) is 12.4. The molecule has 1 aromatic carbocycles. The van der Waals surface area contributed by atoms with Crippen LogP contribution in [0.15, 0.2) is 29.1 Å². The lowest BCUT2D eigenvalue weighted by molar-refractivity contribution is -0.288. The predicted octanol–water partition coefficient (Wildman–Crippen LogP) is 2.28. The lowest BCUT2D eigenvalue weighted by Crippen LogP contribution is -2.60. The Kier molecular flexibility index (Phi) is 3.59. The summed E-state index contributed by atoms with van der Waals surface area (Å²) in [6.07, 6.45) is -5.64. The molecular formula is C15H16F3N3O2. The van der Waals surface area contributed by atoms with Crippen molar-refractivity contribution >= 4 is 16.9 Å². The number of halogens is 3. The molecule has 1 saturated carbocycles. The van der Waals surface area contributed by atoms with Gasteiger partial charge < -0.3 is 15.0 Å². The first-order valence-electron chi connectivity index (χ1n) is 7.30. The molecule has 0 aliphatic heterocycles. The van der Waals surface area contributed by atoms with Gasteiger partial charge in [-0.05, 0) is 19.1 Å². The minimum atomic E-state index is -4.66. The Labute approximate surface area is 129 Å². The second-order valence-corrected chi connectivity index (χ2v) is 5.78. The maximum Gasteiger partial charge on any atom is 0.417 e. The Morgan fingerprint density at radius 2 is 2.04 bits per heavy atom. The van der Waals surface area contributed by atoms with E-state index in [2.05, 4.69) is 10.3 Å². The van der Waals surface area contributed by atoms with E-state index >= 15 is 0 Å². The van der Waals surface area contributed by atoms with E-state index < -0.39 is 30.7 Å². The molecule has 0 spiro atoms. The molecule has 0 amide bonds. The highest BCUT2D eigenvalue weighted by molar-refractivity contribution is 5.76. The topological polar surface area (TPSA) is 67.2 Å². The molecule has 0 bridgehead atoms. The van der Waals surface area contributed by atoms with Crippen LogP contribution in [0.25, 0.3) is 11.0 Å². The molecule has 5 nitrogen and oxygen atoms in total. The molecule has 1 aliphatic carbocycles. The first-order valence-corrected chi connectivity index (χ1v) is 7.30. The van der Waals surface area contributed by atoms with Crippen LogP contribution in [0, 0.1) is 0 Å². The average molecular weight is 327 g/mol. The van der Waals surface area contributed by atoms with Crippen LogP contribution >= 0.6 is 0 Å². The zero-order valence-corrected chi connectivity index (χ0v) is 12.4. The number of hydrogen-bond acceptors (Lipinski definition) is 4. The number of anilines is 1. The summed E-state index contributed by atoms with van der Waals surface area (Å²) in [5.41, 5.74) is -1.80. The average Bonchev–Trinajstić information content (AvgIpc) is 2.45. The molecule has 1 aromatic heterocycles. The normalized spacial score (nSPS) is 24.5. The van der Waals surface area contributed by atoms with Crippen molar-refractivity contribution in [3.63, 3.8) is 0 Å². The molecule has 3 rings (SSSR count). The van der Waals surface area contributed by atoms with Gasteiger partial charge in [-0.25, -0.2) is 4.98 Å². The Morgan fingerprint density at radius 3 is 2.65 bits per heavy atom. The van der Waals surface area contributed by atoms with Crippen LogP contribution in [0.3, 0.4) is 0 Å². The van der Waals surface area contributed by atoms with Crippen molar-refractivity contribution in [3.05, 3.63) is 34.6 Å². The third-order valence-corrected chi connectivity index (χ3v) is 4.21. The smallest absolute Gasteiger partial charge is 0.380 e. The molecular weight excluding hydrogens is 311 g/mol. The van der Waals surface area contributed by atoms with Gasteiger partial charge in [0.2, 0.25) is 0 Å². The van der Waals surface area contributed by atoms with Crippen LogP contribution in [-0.2, 0) is 6.54 Å². The van der Waals surface area contributed by atoms with E-state index in [4.69, 9.17) is 0 Å². The molecule has 1 heterocycles. The minimum Gasteiger partial charge on any atom is -0.380 e. The number of hydrogen-bond donors (Lipinski definition) is 2. The third-order valence-electron chi connectivity index (χ3n) is 4.21. The van der Waals surface area contributed by atoms with Crippen LogP contribution in [0.2, 0.25) is 0 Å². The number of aliphatic hydroxyl groups is 1. The number of nitrogens with one attached hydrogen (secondary N) is 1. The quantitative estimate of drug-likeness (QED) is 0.908. The van der Waals surface area contributed by atoms with E-state index in [-0.39, 0.29) is 11.4 Å². The monoisotopic (exact) mass is 327 g/mol. The van der Waals surface area contributed by atoms with Crippen molar-refractivity contribution in [2.75, 3.05) is 5.32 Å². The summed E-state index contributed by atoms with van der Waals surface area (Å²) in [4.78, 5) is 16.6. The Morgan fingerprint density at radius 1 is 1.39 bits per heavy atom. The Hall–Kier alpha value is -2.09. The highest BCUT2D eigenvalue weighted by atomic mass is 19.4. The standard InChI is InChI=1S/C15H16F3N3O2/c1-2-21-11-6-4-3-5-10(11)20-12(13(21)22)19-9-7-14(23,8-9)15(16,17)18/h3-6,9,23H,2,7-8H2,1H3,(H,19,20). The summed E-state index contributed by atoms with van der Waals surface area (Å²) in [5, 5.41) is 12.2. The molecule has 124 valence electrons. The second-order valence-electron chi connectivity index (χ2n) is 5.78. The van der Waals surface area contributed by atoms with Gasteiger partial charge in [0.05, 0.1) is 11.0 Å². The van der Waals surface area contributed by atoms with E-state index in [1.165, 1.54) is 4.57 Å². The largest absolute Gasteiger partial charge is 0.417 e. The van der Waals surface area contributed by atoms with Crippen molar-refractivity contribution in [2.24, 2.45) is 0 Å². The van der Waals surface area contributed by atoms with E-state index in [9.17, 15) is 23.1 Å². The van der Waals surface area contributed by atoms with Crippen molar-refractivity contribution in [3.8, 4) is 0 Å². The number of nitrogens with zero attached hydrogens (tertiary/aromatic N) is 2. The lowest BCUT2D eigenvalue weighted by atomic mass is 9.75. The molecule has 0 atom stereocenters. The molecule has 0 radical (unpaired) electrons. The highest BCUT2D eigenvalue weighted by Crippen LogP contribution is 2.45. The molecule has 1 fully saturated rings. The summed E-state index contributed by atoms with van der Waals surface area (Å²) >= 11 is 0. The molecule has 1 aliphatic rings. The van der Waals surface area contributed by atoms with E-state index in [1.807, 2.05) is 6.92 Å². The van der Waals surface area contributed by atoms with Gasteiger partial charge in [0.25, 0.3) is 5.56 Å². The number of benzene rings is 1. The molecule has 2 N–H and O–H groups in total. The third kappa shape index (κ3) is 2.56. The summed E-state index contributed by atoms with van der Waals surface area (Å²) in [7, 11) is 0.